The number of carbonyl (C=O) groups excluding carboxylic acids is 1. The van der Waals surface area contributed by atoms with Gasteiger partial charge >= 0.3 is 5.97 Å². The van der Waals surface area contributed by atoms with E-state index < -0.39 is 0 Å². The van der Waals surface area contributed by atoms with Gasteiger partial charge in [0.2, 0.25) is 0 Å². The molecule has 0 aromatic heterocycles. The van der Waals surface area contributed by atoms with Crippen LogP contribution in [-0.4, -0.2) is 12.1 Å². The average molecular weight is 196 g/mol. The molecular formula is C12H20O2. The fraction of sp³-hybridized carbons (Fsp3) is 0.583. The minimum Gasteiger partial charge on any atom is -0.460 e. The lowest BCUT2D eigenvalue weighted by Gasteiger charge is -2.07. The summed E-state index contributed by atoms with van der Waals surface area (Å²) in [6, 6.07) is 0. The van der Waals surface area contributed by atoms with Crippen LogP contribution >= 0.6 is 0 Å². The summed E-state index contributed by atoms with van der Waals surface area (Å²) in [6.45, 7) is 9.52. The number of esters is 1. The molecule has 0 saturated heterocycles. The molecule has 0 rings (SSSR count). The van der Waals surface area contributed by atoms with Crippen LogP contribution in [0.25, 0.3) is 0 Å². The second kappa shape index (κ2) is 6.41. The summed E-state index contributed by atoms with van der Waals surface area (Å²) in [6.07, 6.45) is 4.86. The third-order valence-electron chi connectivity index (χ3n) is 1.63. The van der Waals surface area contributed by atoms with Crippen molar-refractivity contribution in [3.8, 4) is 0 Å². The molecule has 0 spiro atoms. The number of hydrogen-bond donors (Lipinski definition) is 0. The molecule has 14 heavy (non-hydrogen) atoms. The molecule has 0 N–H and O–H groups in total. The predicted molar refractivity (Wildman–Crippen MR) is 59.0 cm³/mol. The maximum absolute atomic E-state index is 11.4. The van der Waals surface area contributed by atoms with E-state index in [0.29, 0.717) is 5.57 Å². The summed E-state index contributed by atoms with van der Waals surface area (Å²) < 4.78 is 5.06. The predicted octanol–water partition coefficient (Wildman–Crippen LogP) is 3.24. The molecule has 0 bridgehead atoms. The van der Waals surface area contributed by atoms with E-state index in [1.807, 2.05) is 26.8 Å². The molecule has 0 unspecified atom stereocenters. The summed E-state index contributed by atoms with van der Waals surface area (Å²) in [7, 11) is 0. The molecule has 0 radical (unpaired) electrons. The zero-order valence-electron chi connectivity index (χ0n) is 9.76. The highest BCUT2D eigenvalue weighted by molar-refractivity contribution is 5.88. The van der Waals surface area contributed by atoms with Gasteiger partial charge in [-0.2, -0.15) is 0 Å². The van der Waals surface area contributed by atoms with Gasteiger partial charge in [0.15, 0.2) is 0 Å². The number of ether oxygens (including phenoxy) is 1. The first kappa shape index (κ1) is 12.9. The topological polar surface area (TPSA) is 26.3 Å². The Morgan fingerprint density at radius 3 is 2.36 bits per heavy atom. The first-order valence-corrected chi connectivity index (χ1v) is 5.03. The van der Waals surface area contributed by atoms with Crippen LogP contribution in [0.1, 0.15) is 41.0 Å². The highest BCUT2D eigenvalue weighted by Gasteiger charge is 2.07. The Balaban J connectivity index is 4.37. The van der Waals surface area contributed by atoms with E-state index >= 15 is 0 Å². The molecule has 0 heterocycles. The smallest absolute Gasteiger partial charge is 0.333 e. The minimum absolute atomic E-state index is 0.0543. The standard InChI is InChI=1S/C12H20O2/c1-6-7-10(4)8-11(5)12(13)14-9(2)3/h7-9H,6H2,1-5H3/b10-7+,11-8+. The van der Waals surface area contributed by atoms with Crippen molar-refractivity contribution in [1.29, 1.82) is 0 Å². The molecule has 0 amide bonds. The van der Waals surface area contributed by atoms with Crippen LogP contribution in [-0.2, 0) is 9.53 Å². The van der Waals surface area contributed by atoms with Gasteiger partial charge in [-0.1, -0.05) is 18.6 Å². The van der Waals surface area contributed by atoms with E-state index in [1.54, 1.807) is 6.92 Å². The number of hydrogen-bond acceptors (Lipinski definition) is 2. The van der Waals surface area contributed by atoms with Crippen molar-refractivity contribution in [2.75, 3.05) is 0 Å². The largest absolute Gasteiger partial charge is 0.460 e. The monoisotopic (exact) mass is 196 g/mol. The highest BCUT2D eigenvalue weighted by Crippen LogP contribution is 2.05. The fourth-order valence-electron chi connectivity index (χ4n) is 1.09. The molecule has 2 heteroatoms. The van der Waals surface area contributed by atoms with Crippen LogP contribution in [0.3, 0.4) is 0 Å². The second-order valence-corrected chi connectivity index (χ2v) is 3.64. The van der Waals surface area contributed by atoms with Crippen LogP contribution in [0.5, 0.6) is 0 Å². The molecule has 0 aromatic rings. The van der Waals surface area contributed by atoms with E-state index in [2.05, 4.69) is 13.0 Å². The van der Waals surface area contributed by atoms with Gasteiger partial charge in [-0.25, -0.2) is 4.79 Å². The van der Waals surface area contributed by atoms with Gasteiger partial charge < -0.3 is 4.74 Å². The molecule has 0 aliphatic rings. The molecule has 0 aliphatic heterocycles. The van der Waals surface area contributed by atoms with Gasteiger partial charge in [0.05, 0.1) is 6.10 Å². The lowest BCUT2D eigenvalue weighted by atomic mass is 10.1. The van der Waals surface area contributed by atoms with Crippen LogP contribution < -0.4 is 0 Å². The molecule has 0 aromatic carbocycles. The zero-order chi connectivity index (χ0) is 11.1. The third kappa shape index (κ3) is 5.57. The number of rotatable bonds is 4. The molecular weight excluding hydrogens is 176 g/mol. The second-order valence-electron chi connectivity index (χ2n) is 3.64. The average Bonchev–Trinajstić information content (AvgIpc) is 2.02. The summed E-state index contributed by atoms with van der Waals surface area (Å²) in [5.41, 5.74) is 1.76. The number of carbonyl (C=O) groups is 1. The summed E-state index contributed by atoms with van der Waals surface area (Å²) >= 11 is 0. The Kier molecular flexibility index (Phi) is 5.93. The highest BCUT2D eigenvalue weighted by atomic mass is 16.5. The SMILES string of the molecule is CC/C=C(C)/C=C(\C)C(=O)OC(C)C. The summed E-state index contributed by atoms with van der Waals surface area (Å²) in [5.74, 6) is -0.233. The van der Waals surface area contributed by atoms with Gasteiger partial charge in [-0.15, -0.1) is 0 Å². The zero-order valence-corrected chi connectivity index (χ0v) is 9.76. The number of allylic oxidation sites excluding steroid dienone is 3. The maximum atomic E-state index is 11.4. The van der Waals surface area contributed by atoms with E-state index in [1.165, 1.54) is 0 Å². The summed E-state index contributed by atoms with van der Waals surface area (Å²) in [5, 5.41) is 0. The normalized spacial score (nSPS) is 13.3. The molecule has 0 atom stereocenters. The first-order valence-electron chi connectivity index (χ1n) is 5.03. The van der Waals surface area contributed by atoms with Crippen molar-refractivity contribution < 1.29 is 9.53 Å². The summed E-state index contributed by atoms with van der Waals surface area (Å²) in [4.78, 5) is 11.4. The Bertz CT molecular complexity index is 247. The van der Waals surface area contributed by atoms with Crippen molar-refractivity contribution in [2.24, 2.45) is 0 Å². The van der Waals surface area contributed by atoms with Crippen LogP contribution in [0.2, 0.25) is 0 Å². The Labute approximate surface area is 86.6 Å². The fourth-order valence-corrected chi connectivity index (χ4v) is 1.09. The molecule has 0 aliphatic carbocycles. The third-order valence-corrected chi connectivity index (χ3v) is 1.63. The first-order chi connectivity index (χ1) is 6.47. The van der Waals surface area contributed by atoms with E-state index in [4.69, 9.17) is 4.74 Å². The van der Waals surface area contributed by atoms with Gasteiger partial charge in [0.1, 0.15) is 0 Å². The molecule has 0 saturated carbocycles. The Morgan fingerprint density at radius 2 is 1.93 bits per heavy atom. The van der Waals surface area contributed by atoms with Gasteiger partial charge in [0.25, 0.3) is 0 Å². The van der Waals surface area contributed by atoms with Gasteiger partial charge in [0, 0.05) is 5.57 Å². The van der Waals surface area contributed by atoms with Gasteiger partial charge in [-0.3, -0.25) is 0 Å². The van der Waals surface area contributed by atoms with Crippen molar-refractivity contribution in [2.45, 2.75) is 47.1 Å². The van der Waals surface area contributed by atoms with Crippen LogP contribution in [0.15, 0.2) is 23.3 Å². The van der Waals surface area contributed by atoms with Crippen LogP contribution in [0, 0.1) is 0 Å². The lowest BCUT2D eigenvalue weighted by molar-refractivity contribution is -0.142. The van der Waals surface area contributed by atoms with Crippen molar-refractivity contribution in [1.82, 2.24) is 0 Å². The molecule has 0 fully saturated rings. The molecule has 2 nitrogen and oxygen atoms in total. The van der Waals surface area contributed by atoms with E-state index in [0.717, 1.165) is 12.0 Å². The minimum atomic E-state index is -0.233. The van der Waals surface area contributed by atoms with Crippen LogP contribution in [0.4, 0.5) is 0 Å². The van der Waals surface area contributed by atoms with Crippen molar-refractivity contribution in [3.05, 3.63) is 23.3 Å². The quantitative estimate of drug-likeness (QED) is 0.392. The molecule has 80 valence electrons. The van der Waals surface area contributed by atoms with Gasteiger partial charge in [-0.05, 0) is 40.2 Å². The van der Waals surface area contributed by atoms with Crippen molar-refractivity contribution >= 4 is 5.97 Å². The van der Waals surface area contributed by atoms with Crippen molar-refractivity contribution in [3.63, 3.8) is 0 Å². The Morgan fingerprint density at radius 1 is 1.36 bits per heavy atom. The lowest BCUT2D eigenvalue weighted by Crippen LogP contribution is -2.12. The van der Waals surface area contributed by atoms with E-state index in [9.17, 15) is 4.79 Å². The Hall–Kier alpha value is -1.05. The van der Waals surface area contributed by atoms with E-state index in [-0.39, 0.29) is 12.1 Å². The maximum Gasteiger partial charge on any atom is 0.333 e.